The largest absolute Gasteiger partial charge is 0.285 e. The number of rotatable bonds is 4. The molecule has 0 fully saturated rings. The van der Waals surface area contributed by atoms with Gasteiger partial charge in [-0.15, -0.1) is 5.11 Å². The number of aryl methyl sites for hydroxylation is 1. The molecule has 0 aliphatic rings. The highest BCUT2D eigenvalue weighted by atomic mass is 32.2. The van der Waals surface area contributed by atoms with E-state index >= 15 is 0 Å². The van der Waals surface area contributed by atoms with Gasteiger partial charge in [0.25, 0.3) is 0 Å². The van der Waals surface area contributed by atoms with Crippen LogP contribution in [-0.2, 0) is 10.0 Å². The lowest BCUT2D eigenvalue weighted by Gasteiger charge is -2.13. The fraction of sp³-hybridized carbons (Fsp3) is 0.455. The molecule has 0 unspecified atom stereocenters. The predicted octanol–water partition coefficient (Wildman–Crippen LogP) is 1.81. The van der Waals surface area contributed by atoms with Crippen LogP contribution >= 0.6 is 0 Å². The van der Waals surface area contributed by atoms with Gasteiger partial charge in [-0.25, -0.2) is 12.7 Å². The Labute approximate surface area is 108 Å². The molecule has 0 heterocycles. The zero-order valence-corrected chi connectivity index (χ0v) is 12.1. The third kappa shape index (κ3) is 3.27. The summed E-state index contributed by atoms with van der Waals surface area (Å²) in [4.78, 5) is 0.253. The second-order valence-electron chi connectivity index (χ2n) is 4.27. The Bertz CT molecular complexity index is 550. The SMILES string of the molecule is Cc1ccc(N=NN(C)C)cc1S(=O)(=O)N(C)C. The molecule has 0 saturated heterocycles. The van der Waals surface area contributed by atoms with E-state index < -0.39 is 10.0 Å². The molecule has 0 radical (unpaired) electrons. The Morgan fingerprint density at radius 2 is 1.72 bits per heavy atom. The van der Waals surface area contributed by atoms with Gasteiger partial charge in [-0.2, -0.15) is 0 Å². The quantitative estimate of drug-likeness (QED) is 0.619. The minimum absolute atomic E-state index is 0.253. The summed E-state index contributed by atoms with van der Waals surface area (Å²) in [5, 5.41) is 9.33. The molecule has 0 N–H and O–H groups in total. The first-order valence-electron chi connectivity index (χ1n) is 5.37. The number of sulfonamides is 1. The Balaban J connectivity index is 3.26. The highest BCUT2D eigenvalue weighted by Gasteiger charge is 2.19. The van der Waals surface area contributed by atoms with Crippen molar-refractivity contribution in [2.24, 2.45) is 10.3 Å². The van der Waals surface area contributed by atoms with E-state index in [1.807, 2.05) is 0 Å². The highest BCUT2D eigenvalue weighted by Crippen LogP contribution is 2.24. The van der Waals surface area contributed by atoms with E-state index in [-0.39, 0.29) is 4.90 Å². The van der Waals surface area contributed by atoms with Crippen LogP contribution in [0.5, 0.6) is 0 Å². The van der Waals surface area contributed by atoms with Crippen molar-refractivity contribution in [1.82, 2.24) is 9.31 Å². The maximum absolute atomic E-state index is 12.1. The lowest BCUT2D eigenvalue weighted by Crippen LogP contribution is -2.22. The zero-order chi connectivity index (χ0) is 13.9. The normalized spacial score (nSPS) is 12.3. The number of nitrogens with zero attached hydrogens (tertiary/aromatic N) is 4. The van der Waals surface area contributed by atoms with Crippen molar-refractivity contribution >= 4 is 15.7 Å². The van der Waals surface area contributed by atoms with Crippen molar-refractivity contribution < 1.29 is 8.42 Å². The van der Waals surface area contributed by atoms with Gasteiger partial charge in [-0.3, -0.25) is 5.01 Å². The van der Waals surface area contributed by atoms with Crippen LogP contribution in [0.25, 0.3) is 0 Å². The molecule has 0 atom stereocenters. The van der Waals surface area contributed by atoms with Gasteiger partial charge in [0, 0.05) is 28.2 Å². The van der Waals surface area contributed by atoms with Gasteiger partial charge in [0.2, 0.25) is 10.0 Å². The molecule has 0 spiro atoms. The highest BCUT2D eigenvalue weighted by molar-refractivity contribution is 7.89. The second kappa shape index (κ2) is 5.45. The fourth-order valence-electron chi connectivity index (χ4n) is 1.27. The van der Waals surface area contributed by atoms with Crippen LogP contribution in [0.3, 0.4) is 0 Å². The van der Waals surface area contributed by atoms with Gasteiger partial charge >= 0.3 is 0 Å². The van der Waals surface area contributed by atoms with E-state index in [4.69, 9.17) is 0 Å². The summed E-state index contributed by atoms with van der Waals surface area (Å²) in [6.07, 6.45) is 0. The lowest BCUT2D eigenvalue weighted by molar-refractivity contribution is 0.408. The zero-order valence-electron chi connectivity index (χ0n) is 11.2. The minimum Gasteiger partial charge on any atom is -0.285 e. The number of benzene rings is 1. The summed E-state index contributed by atoms with van der Waals surface area (Å²) < 4.78 is 25.4. The van der Waals surface area contributed by atoms with Crippen molar-refractivity contribution in [3.05, 3.63) is 23.8 Å². The van der Waals surface area contributed by atoms with Gasteiger partial charge in [-0.05, 0) is 24.6 Å². The van der Waals surface area contributed by atoms with Crippen LogP contribution in [-0.4, -0.2) is 45.9 Å². The first-order chi connectivity index (χ1) is 8.25. The van der Waals surface area contributed by atoms with Crippen LogP contribution in [0, 0.1) is 6.92 Å². The first-order valence-corrected chi connectivity index (χ1v) is 6.81. The standard InChI is InChI=1S/C11H18N4O2S/c1-9-6-7-10(12-13-14(2)3)8-11(9)18(16,17)15(4)5/h6-8H,1-5H3. The van der Waals surface area contributed by atoms with Crippen molar-refractivity contribution in [2.45, 2.75) is 11.8 Å². The summed E-state index contributed by atoms with van der Waals surface area (Å²) in [5.41, 5.74) is 1.20. The van der Waals surface area contributed by atoms with Crippen LogP contribution in [0.2, 0.25) is 0 Å². The summed E-state index contributed by atoms with van der Waals surface area (Å²) in [6, 6.07) is 4.98. The molecular formula is C11H18N4O2S. The van der Waals surface area contributed by atoms with Crippen LogP contribution in [0.4, 0.5) is 5.69 Å². The van der Waals surface area contributed by atoms with Gasteiger partial charge in [0.05, 0.1) is 10.6 Å². The molecule has 6 nitrogen and oxygen atoms in total. The third-order valence-electron chi connectivity index (χ3n) is 2.27. The molecule has 0 saturated carbocycles. The summed E-state index contributed by atoms with van der Waals surface area (Å²) in [5.74, 6) is 0. The monoisotopic (exact) mass is 270 g/mol. The molecule has 0 aromatic heterocycles. The Hall–Kier alpha value is -1.47. The van der Waals surface area contributed by atoms with E-state index in [1.54, 1.807) is 38.2 Å². The van der Waals surface area contributed by atoms with Gasteiger partial charge in [-0.1, -0.05) is 11.3 Å². The van der Waals surface area contributed by atoms with E-state index in [2.05, 4.69) is 10.3 Å². The van der Waals surface area contributed by atoms with Gasteiger partial charge in [0.15, 0.2) is 0 Å². The topological polar surface area (TPSA) is 65.3 Å². The van der Waals surface area contributed by atoms with Crippen molar-refractivity contribution in [1.29, 1.82) is 0 Å². The average molecular weight is 270 g/mol. The Morgan fingerprint density at radius 3 is 2.22 bits per heavy atom. The van der Waals surface area contributed by atoms with Crippen molar-refractivity contribution in [3.8, 4) is 0 Å². The molecule has 7 heteroatoms. The summed E-state index contributed by atoms with van der Waals surface area (Å²) in [6.45, 7) is 1.75. The van der Waals surface area contributed by atoms with E-state index in [0.717, 1.165) is 0 Å². The predicted molar refractivity (Wildman–Crippen MR) is 70.3 cm³/mol. The molecule has 1 aromatic rings. The van der Waals surface area contributed by atoms with Gasteiger partial charge in [0.1, 0.15) is 0 Å². The van der Waals surface area contributed by atoms with E-state index in [0.29, 0.717) is 11.3 Å². The maximum atomic E-state index is 12.1. The first kappa shape index (κ1) is 14.6. The molecule has 0 amide bonds. The minimum atomic E-state index is -3.45. The lowest BCUT2D eigenvalue weighted by atomic mass is 10.2. The molecule has 1 rings (SSSR count). The number of hydrogen-bond donors (Lipinski definition) is 0. The van der Waals surface area contributed by atoms with Crippen LogP contribution < -0.4 is 0 Å². The second-order valence-corrected chi connectivity index (χ2v) is 6.39. The summed E-state index contributed by atoms with van der Waals surface area (Å²) >= 11 is 0. The molecule has 1 aromatic carbocycles. The third-order valence-corrected chi connectivity index (χ3v) is 4.23. The smallest absolute Gasteiger partial charge is 0.242 e. The molecule has 0 bridgehead atoms. The summed E-state index contributed by atoms with van der Waals surface area (Å²) in [7, 11) is 3.05. The van der Waals surface area contributed by atoms with E-state index in [9.17, 15) is 8.42 Å². The van der Waals surface area contributed by atoms with Crippen LogP contribution in [0.1, 0.15) is 5.56 Å². The molecule has 18 heavy (non-hydrogen) atoms. The average Bonchev–Trinajstić information content (AvgIpc) is 2.27. The molecular weight excluding hydrogens is 252 g/mol. The maximum Gasteiger partial charge on any atom is 0.242 e. The van der Waals surface area contributed by atoms with E-state index in [1.165, 1.54) is 24.5 Å². The number of hydrogen-bond acceptors (Lipinski definition) is 4. The molecule has 0 aliphatic carbocycles. The fourth-order valence-corrected chi connectivity index (χ4v) is 2.40. The molecule has 0 aliphatic heterocycles. The Kier molecular flexibility index (Phi) is 4.42. The molecule has 100 valence electrons. The van der Waals surface area contributed by atoms with Crippen molar-refractivity contribution in [2.75, 3.05) is 28.2 Å². The van der Waals surface area contributed by atoms with Crippen LogP contribution in [0.15, 0.2) is 33.4 Å². The van der Waals surface area contributed by atoms with Crippen molar-refractivity contribution in [3.63, 3.8) is 0 Å². The van der Waals surface area contributed by atoms with Gasteiger partial charge < -0.3 is 0 Å². The Morgan fingerprint density at radius 1 is 1.11 bits per heavy atom.